The Morgan fingerprint density at radius 3 is 2.20 bits per heavy atom. The van der Waals surface area contributed by atoms with Gasteiger partial charge in [0.25, 0.3) is 0 Å². The van der Waals surface area contributed by atoms with Gasteiger partial charge in [0.1, 0.15) is 0 Å². The van der Waals surface area contributed by atoms with Gasteiger partial charge in [0, 0.05) is 19.3 Å². The first-order chi connectivity index (χ1) is 9.51. The van der Waals surface area contributed by atoms with Crippen LogP contribution < -0.4 is 4.90 Å². The van der Waals surface area contributed by atoms with Crippen LogP contribution in [0.15, 0.2) is 24.3 Å². The van der Waals surface area contributed by atoms with Crippen LogP contribution in [0.4, 0.5) is 10.5 Å². The van der Waals surface area contributed by atoms with Gasteiger partial charge in [0.05, 0.1) is 18.7 Å². The molecule has 0 aliphatic rings. The number of benzene rings is 1. The number of carboxylic acid groups (broad SMARTS) is 1. The van der Waals surface area contributed by atoms with E-state index in [4.69, 9.17) is 10.2 Å². The highest BCUT2D eigenvalue weighted by Gasteiger charge is 2.19. The lowest BCUT2D eigenvalue weighted by Gasteiger charge is -2.27. The number of amides is 2. The third-order valence-corrected chi connectivity index (χ3v) is 2.87. The van der Waals surface area contributed by atoms with E-state index in [-0.39, 0.29) is 24.7 Å². The lowest BCUT2D eigenvalue weighted by Crippen LogP contribution is -2.43. The van der Waals surface area contributed by atoms with Crippen LogP contribution in [-0.2, 0) is 0 Å². The number of hydrogen-bond acceptors (Lipinski definition) is 3. The largest absolute Gasteiger partial charge is 0.478 e. The molecule has 0 aliphatic heterocycles. The molecule has 2 N–H and O–H groups in total. The zero-order chi connectivity index (χ0) is 15.1. The summed E-state index contributed by atoms with van der Waals surface area (Å²) in [5.41, 5.74) is 0.726. The Bertz CT molecular complexity index is 459. The van der Waals surface area contributed by atoms with Crippen LogP contribution in [-0.4, -0.2) is 53.9 Å². The van der Waals surface area contributed by atoms with Crippen molar-refractivity contribution >= 4 is 17.7 Å². The summed E-state index contributed by atoms with van der Waals surface area (Å²) < 4.78 is 0. The summed E-state index contributed by atoms with van der Waals surface area (Å²) in [5, 5.41) is 18.0. The fraction of sp³-hybridized carbons (Fsp3) is 0.429. The van der Waals surface area contributed by atoms with Crippen LogP contribution in [0.3, 0.4) is 0 Å². The highest BCUT2D eigenvalue weighted by molar-refractivity contribution is 5.93. The van der Waals surface area contributed by atoms with E-state index in [0.29, 0.717) is 12.2 Å². The van der Waals surface area contributed by atoms with Crippen LogP contribution >= 0.6 is 0 Å². The fourth-order valence-electron chi connectivity index (χ4n) is 1.86. The molecule has 0 saturated heterocycles. The van der Waals surface area contributed by atoms with Crippen molar-refractivity contribution in [3.63, 3.8) is 0 Å². The van der Waals surface area contributed by atoms with Gasteiger partial charge in [-0.25, -0.2) is 9.59 Å². The zero-order valence-corrected chi connectivity index (χ0v) is 11.7. The highest BCUT2D eigenvalue weighted by Crippen LogP contribution is 2.17. The van der Waals surface area contributed by atoms with Crippen LogP contribution in [0.2, 0.25) is 0 Å². The summed E-state index contributed by atoms with van der Waals surface area (Å²) in [6, 6.07) is 5.79. The van der Waals surface area contributed by atoms with E-state index in [1.165, 1.54) is 17.0 Å². The molecule has 0 unspecified atom stereocenters. The third kappa shape index (κ3) is 3.96. The third-order valence-electron chi connectivity index (χ3n) is 2.87. The Morgan fingerprint density at radius 1 is 1.15 bits per heavy atom. The second-order valence-corrected chi connectivity index (χ2v) is 4.43. The summed E-state index contributed by atoms with van der Waals surface area (Å²) in [4.78, 5) is 26.1. The van der Waals surface area contributed by atoms with E-state index in [9.17, 15) is 9.59 Å². The first-order valence-electron chi connectivity index (χ1n) is 6.48. The molecule has 2 amide bonds. The maximum absolute atomic E-state index is 12.3. The number of anilines is 1. The topological polar surface area (TPSA) is 81.1 Å². The predicted molar refractivity (Wildman–Crippen MR) is 76.2 cm³/mol. The van der Waals surface area contributed by atoms with Gasteiger partial charge in [0.15, 0.2) is 0 Å². The molecule has 0 spiro atoms. The zero-order valence-electron chi connectivity index (χ0n) is 11.7. The van der Waals surface area contributed by atoms with E-state index in [1.54, 1.807) is 24.1 Å². The van der Waals surface area contributed by atoms with Crippen molar-refractivity contribution in [1.29, 1.82) is 0 Å². The number of urea groups is 1. The number of nitrogens with zero attached hydrogens (tertiary/aromatic N) is 2. The first kappa shape index (κ1) is 16.0. The maximum Gasteiger partial charge on any atom is 0.335 e. The van der Waals surface area contributed by atoms with Crippen molar-refractivity contribution in [3.05, 3.63) is 29.8 Å². The van der Waals surface area contributed by atoms with Crippen molar-refractivity contribution < 1.29 is 19.8 Å². The Hall–Kier alpha value is -2.08. The Balaban J connectivity index is 2.95. The van der Waals surface area contributed by atoms with Gasteiger partial charge in [-0.2, -0.15) is 0 Å². The number of carbonyl (C=O) groups excluding carboxylic acids is 1. The molecule has 110 valence electrons. The number of carboxylic acids is 1. The molecule has 0 heterocycles. The monoisotopic (exact) mass is 280 g/mol. The summed E-state index contributed by atoms with van der Waals surface area (Å²) in [5.74, 6) is -1.01. The predicted octanol–water partition coefficient (Wildman–Crippen LogP) is 1.65. The number of aromatic carboxylic acids is 1. The SMILES string of the molecule is CCCN(C)C(=O)N(CCO)c1ccc(C(=O)O)cc1. The second-order valence-electron chi connectivity index (χ2n) is 4.43. The van der Waals surface area contributed by atoms with Gasteiger partial charge < -0.3 is 15.1 Å². The van der Waals surface area contributed by atoms with E-state index >= 15 is 0 Å². The minimum atomic E-state index is -1.01. The van der Waals surface area contributed by atoms with Gasteiger partial charge in [-0.15, -0.1) is 0 Å². The average Bonchev–Trinajstić information content (AvgIpc) is 2.44. The van der Waals surface area contributed by atoms with Crippen LogP contribution in [0.5, 0.6) is 0 Å². The molecule has 6 nitrogen and oxygen atoms in total. The summed E-state index contributed by atoms with van der Waals surface area (Å²) in [6.45, 7) is 2.60. The minimum absolute atomic E-state index is 0.159. The molecule has 20 heavy (non-hydrogen) atoms. The number of carbonyl (C=O) groups is 2. The Morgan fingerprint density at radius 2 is 1.75 bits per heavy atom. The highest BCUT2D eigenvalue weighted by atomic mass is 16.4. The van der Waals surface area contributed by atoms with E-state index in [2.05, 4.69) is 0 Å². The molecule has 0 atom stereocenters. The van der Waals surface area contributed by atoms with Gasteiger partial charge >= 0.3 is 12.0 Å². The van der Waals surface area contributed by atoms with Crippen LogP contribution in [0.1, 0.15) is 23.7 Å². The Labute approximate surface area is 118 Å². The molecule has 0 bridgehead atoms. The molecular formula is C14H20N2O4. The quantitative estimate of drug-likeness (QED) is 0.830. The molecule has 0 aromatic heterocycles. The normalized spacial score (nSPS) is 10.2. The van der Waals surface area contributed by atoms with Crippen molar-refractivity contribution in [2.75, 3.05) is 31.6 Å². The smallest absolute Gasteiger partial charge is 0.335 e. The van der Waals surface area contributed by atoms with Gasteiger partial charge in [0.2, 0.25) is 0 Å². The first-order valence-corrected chi connectivity index (χ1v) is 6.48. The average molecular weight is 280 g/mol. The maximum atomic E-state index is 12.3. The van der Waals surface area contributed by atoms with Crippen molar-refractivity contribution in [2.24, 2.45) is 0 Å². The molecule has 1 aromatic carbocycles. The van der Waals surface area contributed by atoms with Crippen LogP contribution in [0, 0.1) is 0 Å². The summed E-state index contributed by atoms with van der Waals surface area (Å²) >= 11 is 0. The lowest BCUT2D eigenvalue weighted by molar-refractivity contribution is 0.0697. The van der Waals surface area contributed by atoms with Crippen molar-refractivity contribution in [1.82, 2.24) is 4.90 Å². The van der Waals surface area contributed by atoms with Crippen molar-refractivity contribution in [3.8, 4) is 0 Å². The number of hydrogen-bond donors (Lipinski definition) is 2. The molecule has 0 fully saturated rings. The standard InChI is InChI=1S/C14H20N2O4/c1-3-8-15(2)14(20)16(9-10-17)12-6-4-11(5-7-12)13(18)19/h4-7,17H,3,8-10H2,1-2H3,(H,18,19). The van der Waals surface area contributed by atoms with Crippen LogP contribution in [0.25, 0.3) is 0 Å². The number of aliphatic hydroxyl groups excluding tert-OH is 1. The molecule has 1 rings (SSSR count). The van der Waals surface area contributed by atoms with E-state index in [0.717, 1.165) is 6.42 Å². The van der Waals surface area contributed by atoms with Gasteiger partial charge in [-0.3, -0.25) is 4.90 Å². The van der Waals surface area contributed by atoms with E-state index in [1.807, 2.05) is 6.92 Å². The summed E-state index contributed by atoms with van der Waals surface area (Å²) in [7, 11) is 1.70. The van der Waals surface area contributed by atoms with E-state index < -0.39 is 5.97 Å². The lowest BCUT2D eigenvalue weighted by atomic mass is 10.2. The molecular weight excluding hydrogens is 260 g/mol. The van der Waals surface area contributed by atoms with Gasteiger partial charge in [-0.05, 0) is 30.7 Å². The second kappa shape index (κ2) is 7.49. The molecule has 1 aromatic rings. The van der Waals surface area contributed by atoms with Gasteiger partial charge in [-0.1, -0.05) is 6.92 Å². The minimum Gasteiger partial charge on any atom is -0.478 e. The van der Waals surface area contributed by atoms with Crippen molar-refractivity contribution in [2.45, 2.75) is 13.3 Å². The Kier molecular flexibility index (Phi) is 5.99. The summed E-state index contributed by atoms with van der Waals surface area (Å²) in [6.07, 6.45) is 0.840. The molecule has 0 aliphatic carbocycles. The molecule has 0 saturated carbocycles. The number of aliphatic hydroxyl groups is 1. The molecule has 6 heteroatoms. The number of rotatable bonds is 6. The molecule has 0 radical (unpaired) electrons. The fourth-order valence-corrected chi connectivity index (χ4v) is 1.86.